The summed E-state index contributed by atoms with van der Waals surface area (Å²) < 4.78 is 8.04. The molecule has 2 aliphatic rings. The number of hydrogen-bond donors (Lipinski definition) is 1. The average molecular weight is 292 g/mol. The van der Waals surface area contributed by atoms with E-state index in [4.69, 9.17) is 21.3 Å². The molecule has 20 heavy (non-hydrogen) atoms. The smallest absolute Gasteiger partial charge is 0.117 e. The van der Waals surface area contributed by atoms with Gasteiger partial charge in [0, 0.05) is 17.1 Å². The van der Waals surface area contributed by atoms with E-state index in [2.05, 4.69) is 9.88 Å². The number of likely N-dealkylation sites (N-methyl/N-ethyl adjacent to an activating group) is 1. The third-order valence-corrected chi connectivity index (χ3v) is 4.61. The normalized spacial score (nSPS) is 26.5. The third-order valence-electron chi connectivity index (χ3n) is 4.37. The molecule has 0 amide bonds. The Morgan fingerprint density at radius 3 is 2.95 bits per heavy atom. The van der Waals surface area contributed by atoms with Crippen molar-refractivity contribution in [3.8, 4) is 0 Å². The van der Waals surface area contributed by atoms with Gasteiger partial charge in [0.05, 0.1) is 30.2 Å². The van der Waals surface area contributed by atoms with E-state index >= 15 is 0 Å². The molecule has 2 unspecified atom stereocenters. The van der Waals surface area contributed by atoms with Crippen molar-refractivity contribution in [2.24, 2.45) is 0 Å². The number of imidazole rings is 1. The molecule has 0 radical (unpaired) electrons. The summed E-state index contributed by atoms with van der Waals surface area (Å²) in [7, 11) is 1.99. The number of nitrogens with zero attached hydrogens (tertiary/aromatic N) is 2. The summed E-state index contributed by atoms with van der Waals surface area (Å²) in [5, 5.41) is 4.13. The standard InChI is InChI=1S/C15H18ClN3O/c1-17-13-8-20-7-11(13)15-18-12-5-2-9(16)6-14(12)19(15)10-3-4-10/h2,5-6,10-11,13,17H,3-4,7-8H2,1H3. The molecular formula is C15H18ClN3O. The van der Waals surface area contributed by atoms with Crippen LogP contribution in [0.2, 0.25) is 5.02 Å². The van der Waals surface area contributed by atoms with Crippen LogP contribution in [0.5, 0.6) is 0 Å². The average Bonchev–Trinajstić information content (AvgIpc) is 3.05. The number of halogens is 1. The Labute approximate surface area is 123 Å². The summed E-state index contributed by atoms with van der Waals surface area (Å²) in [6.45, 7) is 1.51. The lowest BCUT2D eigenvalue weighted by atomic mass is 10.0. The molecule has 4 rings (SSSR count). The van der Waals surface area contributed by atoms with E-state index in [0.29, 0.717) is 18.0 Å². The zero-order valence-electron chi connectivity index (χ0n) is 11.5. The van der Waals surface area contributed by atoms with Crippen molar-refractivity contribution < 1.29 is 4.74 Å². The molecule has 5 heteroatoms. The summed E-state index contributed by atoms with van der Waals surface area (Å²) in [4.78, 5) is 4.88. The monoisotopic (exact) mass is 291 g/mol. The van der Waals surface area contributed by atoms with Gasteiger partial charge in [-0.05, 0) is 38.1 Å². The second-order valence-corrected chi connectivity index (χ2v) is 6.18. The Hall–Kier alpha value is -1.10. The lowest BCUT2D eigenvalue weighted by Crippen LogP contribution is -2.32. The van der Waals surface area contributed by atoms with Crippen molar-refractivity contribution in [2.45, 2.75) is 30.8 Å². The fourth-order valence-electron chi connectivity index (χ4n) is 3.16. The molecule has 1 aliphatic heterocycles. The molecule has 2 fully saturated rings. The number of rotatable bonds is 3. The van der Waals surface area contributed by atoms with Gasteiger partial charge in [-0.3, -0.25) is 0 Å². The van der Waals surface area contributed by atoms with E-state index in [1.165, 1.54) is 12.8 Å². The number of aromatic nitrogens is 2. The Morgan fingerprint density at radius 1 is 1.35 bits per heavy atom. The van der Waals surface area contributed by atoms with Crippen molar-refractivity contribution in [1.29, 1.82) is 0 Å². The van der Waals surface area contributed by atoms with Crippen LogP contribution in [0, 0.1) is 0 Å². The van der Waals surface area contributed by atoms with Crippen molar-refractivity contribution >= 4 is 22.6 Å². The lowest BCUT2D eigenvalue weighted by Gasteiger charge is -2.18. The van der Waals surface area contributed by atoms with E-state index < -0.39 is 0 Å². The SMILES string of the molecule is CNC1COCC1c1nc2ccc(Cl)cc2n1C1CC1. The van der Waals surface area contributed by atoms with Crippen molar-refractivity contribution in [2.75, 3.05) is 20.3 Å². The maximum atomic E-state index is 6.16. The van der Waals surface area contributed by atoms with Crippen LogP contribution >= 0.6 is 11.6 Å². The van der Waals surface area contributed by atoms with Crippen LogP contribution in [-0.2, 0) is 4.74 Å². The summed E-state index contributed by atoms with van der Waals surface area (Å²) in [5.74, 6) is 1.48. The highest BCUT2D eigenvalue weighted by molar-refractivity contribution is 6.31. The molecule has 2 heterocycles. The van der Waals surface area contributed by atoms with Crippen LogP contribution in [0.1, 0.15) is 30.6 Å². The van der Waals surface area contributed by atoms with Crippen molar-refractivity contribution in [3.63, 3.8) is 0 Å². The largest absolute Gasteiger partial charge is 0.379 e. The molecule has 0 spiro atoms. The predicted octanol–water partition coefficient (Wildman–Crippen LogP) is 2.73. The van der Waals surface area contributed by atoms with Crippen LogP contribution < -0.4 is 5.32 Å². The van der Waals surface area contributed by atoms with Gasteiger partial charge < -0.3 is 14.6 Å². The molecule has 1 saturated heterocycles. The molecule has 1 aromatic heterocycles. The minimum absolute atomic E-state index is 0.326. The molecule has 106 valence electrons. The van der Waals surface area contributed by atoms with Gasteiger partial charge in [0.1, 0.15) is 5.82 Å². The zero-order chi connectivity index (χ0) is 13.7. The maximum Gasteiger partial charge on any atom is 0.117 e. The molecular weight excluding hydrogens is 274 g/mol. The first-order chi connectivity index (χ1) is 9.78. The fourth-order valence-corrected chi connectivity index (χ4v) is 3.32. The van der Waals surface area contributed by atoms with Crippen LogP contribution in [0.15, 0.2) is 18.2 Å². The second kappa shape index (κ2) is 4.72. The van der Waals surface area contributed by atoms with Crippen molar-refractivity contribution in [1.82, 2.24) is 14.9 Å². The number of fused-ring (bicyclic) bond motifs is 1. The van der Waals surface area contributed by atoms with Crippen molar-refractivity contribution in [3.05, 3.63) is 29.0 Å². The Balaban J connectivity index is 1.87. The predicted molar refractivity (Wildman–Crippen MR) is 79.4 cm³/mol. The fraction of sp³-hybridized carbons (Fsp3) is 0.533. The highest BCUT2D eigenvalue weighted by Gasteiger charge is 2.36. The second-order valence-electron chi connectivity index (χ2n) is 5.74. The van der Waals surface area contributed by atoms with E-state index in [9.17, 15) is 0 Å². The highest BCUT2D eigenvalue weighted by atomic mass is 35.5. The minimum Gasteiger partial charge on any atom is -0.379 e. The van der Waals surface area contributed by atoms with Crippen LogP contribution in [0.4, 0.5) is 0 Å². The Morgan fingerprint density at radius 2 is 2.20 bits per heavy atom. The van der Waals surface area contributed by atoms with Gasteiger partial charge in [-0.2, -0.15) is 0 Å². The molecule has 1 N–H and O–H groups in total. The number of benzene rings is 1. The van der Waals surface area contributed by atoms with Gasteiger partial charge in [0.15, 0.2) is 0 Å². The van der Waals surface area contributed by atoms with Gasteiger partial charge in [-0.15, -0.1) is 0 Å². The molecule has 0 bridgehead atoms. The minimum atomic E-state index is 0.326. The van der Waals surface area contributed by atoms with Crippen LogP contribution in [0.3, 0.4) is 0 Å². The van der Waals surface area contributed by atoms with Gasteiger partial charge in [-0.1, -0.05) is 11.6 Å². The quantitative estimate of drug-likeness (QED) is 0.945. The molecule has 1 aromatic carbocycles. The Kier molecular flexibility index (Phi) is 2.98. The topological polar surface area (TPSA) is 39.1 Å². The first kappa shape index (κ1) is 12.6. The van der Waals surface area contributed by atoms with Gasteiger partial charge in [-0.25, -0.2) is 4.98 Å². The first-order valence-corrected chi connectivity index (χ1v) is 7.58. The highest BCUT2D eigenvalue weighted by Crippen LogP contribution is 2.41. The molecule has 2 aromatic rings. The molecule has 4 nitrogen and oxygen atoms in total. The summed E-state index contributed by atoms with van der Waals surface area (Å²) in [6.07, 6.45) is 2.48. The summed E-state index contributed by atoms with van der Waals surface area (Å²) in [5.41, 5.74) is 2.20. The third kappa shape index (κ3) is 1.94. The summed E-state index contributed by atoms with van der Waals surface area (Å²) in [6, 6.07) is 6.91. The van der Waals surface area contributed by atoms with Gasteiger partial charge in [0.2, 0.25) is 0 Å². The van der Waals surface area contributed by atoms with Crippen LogP contribution in [-0.4, -0.2) is 35.9 Å². The van der Waals surface area contributed by atoms with E-state index in [1.807, 2.05) is 25.2 Å². The molecule has 1 aliphatic carbocycles. The zero-order valence-corrected chi connectivity index (χ0v) is 12.2. The lowest BCUT2D eigenvalue weighted by molar-refractivity contribution is 0.187. The van der Waals surface area contributed by atoms with E-state index in [0.717, 1.165) is 35.1 Å². The van der Waals surface area contributed by atoms with Gasteiger partial charge in [0.25, 0.3) is 0 Å². The van der Waals surface area contributed by atoms with E-state index in [1.54, 1.807) is 0 Å². The molecule has 2 atom stereocenters. The Bertz CT molecular complexity index is 650. The number of ether oxygens (including phenoxy) is 1. The first-order valence-electron chi connectivity index (χ1n) is 7.20. The summed E-state index contributed by atoms with van der Waals surface area (Å²) >= 11 is 6.16. The number of hydrogen-bond acceptors (Lipinski definition) is 3. The van der Waals surface area contributed by atoms with Gasteiger partial charge >= 0.3 is 0 Å². The van der Waals surface area contributed by atoms with Crippen LogP contribution in [0.25, 0.3) is 11.0 Å². The maximum absolute atomic E-state index is 6.16. The van der Waals surface area contributed by atoms with E-state index in [-0.39, 0.29) is 0 Å². The molecule has 1 saturated carbocycles. The number of nitrogens with one attached hydrogen (secondary N) is 1.